The molecule has 0 bridgehead atoms. The molecule has 0 aromatic rings. The lowest BCUT2D eigenvalue weighted by atomic mass is 10.1. The summed E-state index contributed by atoms with van der Waals surface area (Å²) >= 11 is 0. The minimum Gasteiger partial charge on any atom is -0.309 e. The van der Waals surface area contributed by atoms with Gasteiger partial charge in [0, 0.05) is 13.1 Å². The van der Waals surface area contributed by atoms with E-state index in [0.717, 1.165) is 13.1 Å². The zero-order valence-electron chi connectivity index (χ0n) is 6.33. The highest BCUT2D eigenvalue weighted by atomic mass is 14.9. The van der Waals surface area contributed by atoms with Crippen molar-refractivity contribution < 1.29 is 0 Å². The van der Waals surface area contributed by atoms with Crippen LogP contribution in [0.4, 0.5) is 0 Å². The fourth-order valence-electron chi connectivity index (χ4n) is 1.36. The predicted molar refractivity (Wildman–Crippen MR) is 40.5 cm³/mol. The van der Waals surface area contributed by atoms with Crippen LogP contribution in [0.15, 0.2) is 11.1 Å². The lowest BCUT2D eigenvalue weighted by Gasteiger charge is -1.97. The minimum absolute atomic E-state index is 1.14. The normalized spacial score (nSPS) is 19.3. The van der Waals surface area contributed by atoms with Gasteiger partial charge in [-0.1, -0.05) is 25.0 Å². The van der Waals surface area contributed by atoms with Crippen molar-refractivity contribution in [3.8, 4) is 0 Å². The Kier molecular flexibility index (Phi) is 2.29. The lowest BCUT2D eigenvalue weighted by Crippen LogP contribution is -2.08. The van der Waals surface area contributed by atoms with E-state index in [1.54, 1.807) is 11.1 Å². The maximum atomic E-state index is 3.35. The second kappa shape index (κ2) is 3.02. The molecule has 9 heavy (non-hydrogen) atoms. The molecule has 1 aliphatic rings. The van der Waals surface area contributed by atoms with E-state index in [-0.39, 0.29) is 0 Å². The van der Waals surface area contributed by atoms with Crippen molar-refractivity contribution in [1.82, 2.24) is 5.32 Å². The first kappa shape index (κ1) is 6.81. The molecule has 1 nitrogen and oxygen atoms in total. The van der Waals surface area contributed by atoms with Gasteiger partial charge in [-0.2, -0.15) is 0 Å². The van der Waals surface area contributed by atoms with Crippen molar-refractivity contribution in [3.05, 3.63) is 11.1 Å². The number of hydrogen-bond donors (Lipinski definition) is 1. The lowest BCUT2D eigenvalue weighted by molar-refractivity contribution is 0.842. The fraction of sp³-hybridized carbons (Fsp3) is 0.750. The van der Waals surface area contributed by atoms with E-state index >= 15 is 0 Å². The summed E-state index contributed by atoms with van der Waals surface area (Å²) < 4.78 is 0. The van der Waals surface area contributed by atoms with Crippen LogP contribution in [0.5, 0.6) is 0 Å². The Morgan fingerprint density at radius 2 is 1.56 bits per heavy atom. The van der Waals surface area contributed by atoms with Gasteiger partial charge in [0.15, 0.2) is 0 Å². The van der Waals surface area contributed by atoms with E-state index in [1.807, 2.05) is 0 Å². The van der Waals surface area contributed by atoms with Gasteiger partial charge >= 0.3 is 0 Å². The van der Waals surface area contributed by atoms with Crippen LogP contribution in [-0.4, -0.2) is 13.1 Å². The second-order valence-corrected chi connectivity index (χ2v) is 2.52. The maximum Gasteiger partial charge on any atom is 0.0170 e. The quantitative estimate of drug-likeness (QED) is 0.554. The highest BCUT2D eigenvalue weighted by Crippen LogP contribution is 2.14. The van der Waals surface area contributed by atoms with E-state index in [0.29, 0.717) is 0 Å². The first-order chi connectivity index (χ1) is 4.38. The van der Waals surface area contributed by atoms with Crippen LogP contribution < -0.4 is 5.32 Å². The van der Waals surface area contributed by atoms with Crippen molar-refractivity contribution in [3.63, 3.8) is 0 Å². The molecule has 0 amide bonds. The van der Waals surface area contributed by atoms with Crippen molar-refractivity contribution in [2.24, 2.45) is 0 Å². The molecule has 0 aromatic heterocycles. The van der Waals surface area contributed by atoms with Gasteiger partial charge in [-0.05, 0) is 12.8 Å². The van der Waals surface area contributed by atoms with E-state index in [2.05, 4.69) is 19.2 Å². The van der Waals surface area contributed by atoms with E-state index in [4.69, 9.17) is 0 Å². The molecule has 1 N–H and O–H groups in total. The molecule has 1 heteroatoms. The third-order valence-corrected chi connectivity index (χ3v) is 2.03. The molecular formula is C8H15N. The van der Waals surface area contributed by atoms with Crippen LogP contribution in [-0.2, 0) is 0 Å². The fourth-order valence-corrected chi connectivity index (χ4v) is 1.36. The number of rotatable bonds is 2. The topological polar surface area (TPSA) is 12.0 Å². The number of hydrogen-bond acceptors (Lipinski definition) is 1. The van der Waals surface area contributed by atoms with E-state index < -0.39 is 0 Å². The molecule has 0 spiro atoms. The summed E-state index contributed by atoms with van der Waals surface area (Å²) in [6, 6.07) is 0. The van der Waals surface area contributed by atoms with E-state index in [9.17, 15) is 0 Å². The van der Waals surface area contributed by atoms with Gasteiger partial charge in [0.1, 0.15) is 0 Å². The molecule has 1 heterocycles. The number of nitrogens with one attached hydrogen (secondary N) is 1. The van der Waals surface area contributed by atoms with Crippen LogP contribution in [0.3, 0.4) is 0 Å². The molecule has 1 aliphatic heterocycles. The van der Waals surface area contributed by atoms with Gasteiger partial charge in [0.05, 0.1) is 0 Å². The highest BCUT2D eigenvalue weighted by Gasteiger charge is 2.08. The molecule has 0 aliphatic carbocycles. The van der Waals surface area contributed by atoms with E-state index in [1.165, 1.54) is 12.8 Å². The molecule has 0 radical (unpaired) electrons. The Labute approximate surface area is 57.1 Å². The molecule has 0 saturated heterocycles. The maximum absolute atomic E-state index is 3.35. The molecule has 0 saturated carbocycles. The summed E-state index contributed by atoms with van der Waals surface area (Å²) in [5, 5.41) is 3.35. The standard InChI is InChI=1S/C8H15N/c1-3-7-5-9-6-8(7)4-2/h9H,3-6H2,1-2H3. The Balaban J connectivity index is 2.59. The Hall–Kier alpha value is -0.300. The summed E-state index contributed by atoms with van der Waals surface area (Å²) in [7, 11) is 0. The van der Waals surface area contributed by atoms with Gasteiger partial charge in [-0.15, -0.1) is 0 Å². The van der Waals surface area contributed by atoms with Crippen LogP contribution in [0.1, 0.15) is 26.7 Å². The van der Waals surface area contributed by atoms with Gasteiger partial charge in [-0.3, -0.25) is 0 Å². The smallest absolute Gasteiger partial charge is 0.0170 e. The summed E-state index contributed by atoms with van der Waals surface area (Å²) in [4.78, 5) is 0. The average Bonchev–Trinajstić information content (AvgIpc) is 2.33. The van der Waals surface area contributed by atoms with Gasteiger partial charge in [-0.25, -0.2) is 0 Å². The van der Waals surface area contributed by atoms with Crippen molar-refractivity contribution in [2.45, 2.75) is 26.7 Å². The summed E-state index contributed by atoms with van der Waals surface area (Å²) in [5.41, 5.74) is 3.27. The van der Waals surface area contributed by atoms with Crippen LogP contribution in [0.25, 0.3) is 0 Å². The molecule has 0 fully saturated rings. The van der Waals surface area contributed by atoms with Crippen LogP contribution in [0, 0.1) is 0 Å². The summed E-state index contributed by atoms with van der Waals surface area (Å²) in [6.45, 7) is 6.75. The molecule has 0 aromatic carbocycles. The van der Waals surface area contributed by atoms with Crippen LogP contribution >= 0.6 is 0 Å². The highest BCUT2D eigenvalue weighted by molar-refractivity contribution is 5.21. The average molecular weight is 125 g/mol. The molecule has 1 rings (SSSR count). The monoisotopic (exact) mass is 125 g/mol. The first-order valence-electron chi connectivity index (χ1n) is 3.79. The molecule has 0 unspecified atom stereocenters. The molecule has 0 atom stereocenters. The summed E-state index contributed by atoms with van der Waals surface area (Å²) in [5.74, 6) is 0. The van der Waals surface area contributed by atoms with Crippen molar-refractivity contribution in [2.75, 3.05) is 13.1 Å². The zero-order valence-corrected chi connectivity index (χ0v) is 6.33. The zero-order chi connectivity index (χ0) is 6.69. The first-order valence-corrected chi connectivity index (χ1v) is 3.79. The minimum atomic E-state index is 1.14. The molecule has 52 valence electrons. The van der Waals surface area contributed by atoms with Crippen molar-refractivity contribution >= 4 is 0 Å². The third kappa shape index (κ3) is 1.33. The van der Waals surface area contributed by atoms with Gasteiger partial charge < -0.3 is 5.32 Å². The Bertz CT molecular complexity index is 111. The van der Waals surface area contributed by atoms with Crippen LogP contribution in [0.2, 0.25) is 0 Å². The summed E-state index contributed by atoms with van der Waals surface area (Å²) in [6.07, 6.45) is 2.46. The molecular weight excluding hydrogens is 110 g/mol. The largest absolute Gasteiger partial charge is 0.309 e. The van der Waals surface area contributed by atoms with Crippen molar-refractivity contribution in [1.29, 1.82) is 0 Å². The predicted octanol–water partition coefficient (Wildman–Crippen LogP) is 1.71. The van der Waals surface area contributed by atoms with Gasteiger partial charge in [0.2, 0.25) is 0 Å². The third-order valence-electron chi connectivity index (χ3n) is 2.03. The Morgan fingerprint density at radius 1 is 1.11 bits per heavy atom. The SMILES string of the molecule is CCC1=C(CC)CNC1. The second-order valence-electron chi connectivity index (χ2n) is 2.52. The Morgan fingerprint density at radius 3 is 1.89 bits per heavy atom. The van der Waals surface area contributed by atoms with Gasteiger partial charge in [0.25, 0.3) is 0 Å².